The number of likely N-dealkylation sites (N-methyl/N-ethyl adjacent to an activating group) is 1. The Labute approximate surface area is 121 Å². The second-order valence-electron chi connectivity index (χ2n) is 5.15. The molecule has 0 saturated carbocycles. The van der Waals surface area contributed by atoms with Crippen molar-refractivity contribution in [2.45, 2.75) is 32.1 Å². The summed E-state index contributed by atoms with van der Waals surface area (Å²) in [6.45, 7) is 2.16. The van der Waals surface area contributed by atoms with Crippen molar-refractivity contribution in [3.63, 3.8) is 0 Å². The minimum absolute atomic E-state index is 0.280. The van der Waals surface area contributed by atoms with Crippen molar-refractivity contribution in [2.24, 2.45) is 0 Å². The fourth-order valence-corrected chi connectivity index (χ4v) is 2.22. The highest BCUT2D eigenvalue weighted by molar-refractivity contribution is 5.89. The van der Waals surface area contributed by atoms with E-state index in [1.165, 1.54) is 0 Å². The number of hydrogen-bond donors (Lipinski definition) is 2. The van der Waals surface area contributed by atoms with Gasteiger partial charge in [-0.2, -0.15) is 0 Å². The van der Waals surface area contributed by atoms with Crippen LogP contribution in [0.25, 0.3) is 0 Å². The van der Waals surface area contributed by atoms with Crippen LogP contribution in [-0.4, -0.2) is 47.8 Å². The Bertz CT molecular complexity index is 406. The lowest BCUT2D eigenvalue weighted by molar-refractivity contribution is 0.0695. The van der Waals surface area contributed by atoms with Crippen molar-refractivity contribution in [3.8, 4) is 0 Å². The monoisotopic (exact) mass is 279 g/mol. The zero-order valence-electron chi connectivity index (χ0n) is 12.2. The van der Waals surface area contributed by atoms with Gasteiger partial charge in [0.15, 0.2) is 0 Å². The van der Waals surface area contributed by atoms with E-state index in [0.29, 0.717) is 5.56 Å². The van der Waals surface area contributed by atoms with E-state index < -0.39 is 5.97 Å². The Balaban J connectivity index is 2.30. The number of carboxylic acids is 1. The predicted octanol–water partition coefficient (Wildman–Crippen LogP) is 2.41. The molecule has 112 valence electrons. The average molecular weight is 279 g/mol. The molecule has 1 aromatic rings. The number of aliphatic hydroxyl groups is 1. The fourth-order valence-electron chi connectivity index (χ4n) is 2.22. The molecule has 0 atom stereocenters. The van der Waals surface area contributed by atoms with Crippen LogP contribution in [0, 0.1) is 0 Å². The van der Waals surface area contributed by atoms with Crippen molar-refractivity contribution < 1.29 is 15.0 Å². The normalized spacial score (nSPS) is 10.9. The van der Waals surface area contributed by atoms with Gasteiger partial charge in [-0.3, -0.25) is 0 Å². The van der Waals surface area contributed by atoms with Crippen LogP contribution in [0.4, 0.5) is 0 Å². The Morgan fingerprint density at radius 2 is 1.80 bits per heavy atom. The Morgan fingerprint density at radius 3 is 2.50 bits per heavy atom. The minimum atomic E-state index is -0.854. The van der Waals surface area contributed by atoms with Gasteiger partial charge in [0.1, 0.15) is 0 Å². The summed E-state index contributed by atoms with van der Waals surface area (Å²) in [5.74, 6) is -0.854. The molecule has 1 rings (SSSR count). The molecule has 0 bridgehead atoms. The van der Waals surface area contributed by atoms with Crippen LogP contribution in [0.15, 0.2) is 24.3 Å². The summed E-state index contributed by atoms with van der Waals surface area (Å²) in [5.41, 5.74) is 1.30. The fraction of sp³-hybridized carbons (Fsp3) is 0.562. The van der Waals surface area contributed by atoms with E-state index in [1.54, 1.807) is 12.1 Å². The molecule has 0 spiro atoms. The van der Waals surface area contributed by atoms with Gasteiger partial charge in [0, 0.05) is 13.2 Å². The van der Waals surface area contributed by atoms with Gasteiger partial charge >= 0.3 is 5.97 Å². The van der Waals surface area contributed by atoms with Crippen molar-refractivity contribution in [1.82, 2.24) is 4.90 Å². The van der Waals surface area contributed by atoms with Crippen LogP contribution in [-0.2, 0) is 6.42 Å². The topological polar surface area (TPSA) is 60.8 Å². The lowest BCUT2D eigenvalue weighted by atomic mass is 10.0. The third kappa shape index (κ3) is 6.17. The van der Waals surface area contributed by atoms with E-state index in [2.05, 4.69) is 11.9 Å². The molecule has 0 heterocycles. The number of carbonyl (C=O) groups is 1. The van der Waals surface area contributed by atoms with Crippen molar-refractivity contribution in [2.75, 3.05) is 26.7 Å². The number of hydrogen-bond acceptors (Lipinski definition) is 3. The summed E-state index contributed by atoms with van der Waals surface area (Å²) in [5, 5.41) is 17.8. The molecule has 2 N–H and O–H groups in total. The first kappa shape index (κ1) is 16.7. The number of aromatic carboxylic acids is 1. The maximum Gasteiger partial charge on any atom is 0.335 e. The quantitative estimate of drug-likeness (QED) is 0.646. The lowest BCUT2D eigenvalue weighted by Crippen LogP contribution is -2.23. The number of rotatable bonds is 10. The van der Waals surface area contributed by atoms with Crippen LogP contribution < -0.4 is 0 Å². The molecule has 0 aliphatic heterocycles. The van der Waals surface area contributed by atoms with Gasteiger partial charge in [-0.05, 0) is 44.5 Å². The molecule has 0 saturated heterocycles. The Kier molecular flexibility index (Phi) is 7.92. The molecule has 4 heteroatoms. The largest absolute Gasteiger partial charge is 0.478 e. The van der Waals surface area contributed by atoms with Gasteiger partial charge in [-0.25, -0.2) is 4.79 Å². The Morgan fingerprint density at radius 1 is 1.10 bits per heavy atom. The highest BCUT2D eigenvalue weighted by Crippen LogP contribution is 2.10. The first-order chi connectivity index (χ1) is 9.65. The molecule has 0 aromatic heterocycles. The molecular formula is C16H25NO3. The van der Waals surface area contributed by atoms with Crippen LogP contribution in [0.1, 0.15) is 41.6 Å². The van der Waals surface area contributed by atoms with E-state index in [9.17, 15) is 4.79 Å². The number of aliphatic hydroxyl groups excluding tert-OH is 1. The van der Waals surface area contributed by atoms with E-state index in [0.717, 1.165) is 50.8 Å². The summed E-state index contributed by atoms with van der Waals surface area (Å²) in [7, 11) is 2.06. The molecule has 20 heavy (non-hydrogen) atoms. The summed E-state index contributed by atoms with van der Waals surface area (Å²) in [6, 6.07) is 7.19. The van der Waals surface area contributed by atoms with Gasteiger partial charge in [-0.1, -0.05) is 31.0 Å². The van der Waals surface area contributed by atoms with E-state index in [1.807, 2.05) is 12.1 Å². The van der Waals surface area contributed by atoms with E-state index >= 15 is 0 Å². The lowest BCUT2D eigenvalue weighted by Gasteiger charge is -2.17. The summed E-state index contributed by atoms with van der Waals surface area (Å²) in [4.78, 5) is 13.3. The van der Waals surface area contributed by atoms with Crippen LogP contribution in [0.3, 0.4) is 0 Å². The third-order valence-electron chi connectivity index (χ3n) is 3.46. The SMILES string of the molecule is CN(CCCCCCO)CCc1ccccc1C(=O)O. The Hall–Kier alpha value is -1.39. The van der Waals surface area contributed by atoms with Crippen LogP contribution >= 0.6 is 0 Å². The highest BCUT2D eigenvalue weighted by atomic mass is 16.4. The number of unbranched alkanes of at least 4 members (excludes halogenated alkanes) is 3. The second kappa shape index (κ2) is 9.50. The molecule has 1 aromatic carbocycles. The average Bonchev–Trinajstić information content (AvgIpc) is 2.45. The van der Waals surface area contributed by atoms with Gasteiger partial charge < -0.3 is 15.1 Å². The van der Waals surface area contributed by atoms with Crippen LogP contribution in [0.5, 0.6) is 0 Å². The zero-order valence-corrected chi connectivity index (χ0v) is 12.2. The van der Waals surface area contributed by atoms with Crippen molar-refractivity contribution >= 4 is 5.97 Å². The first-order valence-electron chi connectivity index (χ1n) is 7.25. The van der Waals surface area contributed by atoms with Crippen molar-refractivity contribution in [3.05, 3.63) is 35.4 Å². The van der Waals surface area contributed by atoms with Gasteiger partial charge in [-0.15, -0.1) is 0 Å². The number of nitrogens with zero attached hydrogens (tertiary/aromatic N) is 1. The van der Waals surface area contributed by atoms with Crippen molar-refractivity contribution in [1.29, 1.82) is 0 Å². The third-order valence-corrected chi connectivity index (χ3v) is 3.46. The van der Waals surface area contributed by atoms with E-state index in [4.69, 9.17) is 10.2 Å². The van der Waals surface area contributed by atoms with Gasteiger partial charge in [0.05, 0.1) is 5.56 Å². The molecule has 0 amide bonds. The van der Waals surface area contributed by atoms with Gasteiger partial charge in [0.2, 0.25) is 0 Å². The highest BCUT2D eigenvalue weighted by Gasteiger charge is 2.09. The minimum Gasteiger partial charge on any atom is -0.478 e. The summed E-state index contributed by atoms with van der Waals surface area (Å²) < 4.78 is 0. The second-order valence-corrected chi connectivity index (χ2v) is 5.15. The number of carboxylic acid groups (broad SMARTS) is 1. The van der Waals surface area contributed by atoms with E-state index in [-0.39, 0.29) is 6.61 Å². The molecule has 0 fully saturated rings. The standard InChI is InChI=1S/C16H25NO3/c1-17(11-6-2-3-7-13-18)12-10-14-8-4-5-9-15(14)16(19)20/h4-5,8-9,18H,2-3,6-7,10-13H2,1H3,(H,19,20). The predicted molar refractivity (Wildman–Crippen MR) is 80.2 cm³/mol. The molecule has 0 unspecified atom stereocenters. The zero-order chi connectivity index (χ0) is 14.8. The molecule has 4 nitrogen and oxygen atoms in total. The molecule has 0 aliphatic rings. The maximum absolute atomic E-state index is 11.1. The molecule has 0 radical (unpaired) electrons. The summed E-state index contributed by atoms with van der Waals surface area (Å²) >= 11 is 0. The molecule has 0 aliphatic carbocycles. The summed E-state index contributed by atoms with van der Waals surface area (Å²) in [6.07, 6.45) is 4.98. The molecular weight excluding hydrogens is 254 g/mol. The maximum atomic E-state index is 11.1. The number of benzene rings is 1. The van der Waals surface area contributed by atoms with Crippen LogP contribution in [0.2, 0.25) is 0 Å². The van der Waals surface area contributed by atoms with Gasteiger partial charge in [0.25, 0.3) is 0 Å². The smallest absolute Gasteiger partial charge is 0.335 e. The first-order valence-corrected chi connectivity index (χ1v) is 7.25.